The SMILES string of the molecule is CC(=O)N(C1CC1)[C@H]1CCCCC1NC(=O)C(N)C(C)C. The van der Waals surface area contributed by atoms with Crippen LogP contribution in [0.2, 0.25) is 0 Å². The first-order chi connectivity index (χ1) is 9.91. The quantitative estimate of drug-likeness (QED) is 0.805. The molecule has 2 unspecified atom stereocenters. The maximum atomic E-state index is 12.2. The third-order valence-corrected chi connectivity index (χ3v) is 4.74. The van der Waals surface area contributed by atoms with Gasteiger partial charge in [-0.05, 0) is 31.6 Å². The molecule has 2 aliphatic carbocycles. The number of nitrogens with one attached hydrogen (secondary N) is 1. The molecule has 0 saturated heterocycles. The van der Waals surface area contributed by atoms with Gasteiger partial charge in [0, 0.05) is 19.0 Å². The topological polar surface area (TPSA) is 75.4 Å². The summed E-state index contributed by atoms with van der Waals surface area (Å²) < 4.78 is 0. The molecular weight excluding hydrogens is 266 g/mol. The molecule has 21 heavy (non-hydrogen) atoms. The number of hydrogen-bond donors (Lipinski definition) is 2. The minimum atomic E-state index is -0.473. The Morgan fingerprint density at radius 3 is 2.29 bits per heavy atom. The third kappa shape index (κ3) is 3.96. The highest BCUT2D eigenvalue weighted by molar-refractivity contribution is 5.82. The molecule has 5 heteroatoms. The van der Waals surface area contributed by atoms with Crippen molar-refractivity contribution in [1.29, 1.82) is 0 Å². The van der Waals surface area contributed by atoms with Gasteiger partial charge in [-0.3, -0.25) is 9.59 Å². The summed E-state index contributed by atoms with van der Waals surface area (Å²) in [5.41, 5.74) is 5.94. The van der Waals surface area contributed by atoms with Gasteiger partial charge in [-0.2, -0.15) is 0 Å². The molecule has 2 rings (SSSR count). The van der Waals surface area contributed by atoms with Crippen LogP contribution in [-0.4, -0.2) is 40.9 Å². The molecule has 0 bridgehead atoms. The number of carbonyl (C=O) groups is 2. The molecule has 0 aromatic carbocycles. The zero-order chi connectivity index (χ0) is 15.6. The Bertz CT molecular complexity index is 393. The Hall–Kier alpha value is -1.10. The van der Waals surface area contributed by atoms with Crippen molar-refractivity contribution < 1.29 is 9.59 Å². The fourth-order valence-corrected chi connectivity index (χ4v) is 3.31. The van der Waals surface area contributed by atoms with Gasteiger partial charge in [0.2, 0.25) is 11.8 Å². The van der Waals surface area contributed by atoms with Crippen LogP contribution in [0.15, 0.2) is 0 Å². The van der Waals surface area contributed by atoms with E-state index < -0.39 is 6.04 Å². The molecule has 3 N–H and O–H groups in total. The summed E-state index contributed by atoms with van der Waals surface area (Å²) in [5.74, 6) is 0.178. The normalized spacial score (nSPS) is 27.3. The molecule has 2 fully saturated rings. The van der Waals surface area contributed by atoms with Crippen LogP contribution >= 0.6 is 0 Å². The van der Waals surface area contributed by atoms with E-state index in [4.69, 9.17) is 5.73 Å². The van der Waals surface area contributed by atoms with Gasteiger partial charge in [0.15, 0.2) is 0 Å². The smallest absolute Gasteiger partial charge is 0.237 e. The van der Waals surface area contributed by atoms with Gasteiger partial charge in [-0.15, -0.1) is 0 Å². The summed E-state index contributed by atoms with van der Waals surface area (Å²) in [5, 5.41) is 3.11. The fourth-order valence-electron chi connectivity index (χ4n) is 3.31. The average molecular weight is 295 g/mol. The Labute approximate surface area is 127 Å². The van der Waals surface area contributed by atoms with E-state index in [1.807, 2.05) is 18.7 Å². The first kappa shape index (κ1) is 16.3. The van der Waals surface area contributed by atoms with Crippen molar-refractivity contribution in [3.8, 4) is 0 Å². The maximum absolute atomic E-state index is 12.2. The molecule has 0 aromatic rings. The van der Waals surface area contributed by atoms with Crippen molar-refractivity contribution >= 4 is 11.8 Å². The highest BCUT2D eigenvalue weighted by Gasteiger charge is 2.40. The van der Waals surface area contributed by atoms with Gasteiger partial charge in [0.05, 0.1) is 12.1 Å². The second-order valence-corrected chi connectivity index (χ2v) is 6.89. The van der Waals surface area contributed by atoms with Gasteiger partial charge >= 0.3 is 0 Å². The summed E-state index contributed by atoms with van der Waals surface area (Å²) >= 11 is 0. The Morgan fingerprint density at radius 2 is 1.76 bits per heavy atom. The zero-order valence-corrected chi connectivity index (χ0v) is 13.5. The van der Waals surface area contributed by atoms with Crippen molar-refractivity contribution in [2.24, 2.45) is 11.7 Å². The summed E-state index contributed by atoms with van der Waals surface area (Å²) in [6.45, 7) is 5.55. The number of carbonyl (C=O) groups excluding carboxylic acids is 2. The maximum Gasteiger partial charge on any atom is 0.237 e. The molecule has 0 radical (unpaired) electrons. The average Bonchev–Trinajstić information content (AvgIpc) is 3.24. The lowest BCUT2D eigenvalue weighted by atomic mass is 9.88. The van der Waals surface area contributed by atoms with Gasteiger partial charge in [0.25, 0.3) is 0 Å². The molecule has 5 nitrogen and oxygen atoms in total. The van der Waals surface area contributed by atoms with E-state index in [0.29, 0.717) is 6.04 Å². The molecule has 2 aliphatic rings. The van der Waals surface area contributed by atoms with Crippen LogP contribution in [0.3, 0.4) is 0 Å². The zero-order valence-electron chi connectivity index (χ0n) is 13.5. The van der Waals surface area contributed by atoms with Gasteiger partial charge in [0.1, 0.15) is 0 Å². The molecule has 0 spiro atoms. The fraction of sp³-hybridized carbons (Fsp3) is 0.875. The Kier molecular flexibility index (Phi) is 5.25. The summed E-state index contributed by atoms with van der Waals surface area (Å²) in [6, 6.07) is 0.121. The van der Waals surface area contributed by atoms with Crippen molar-refractivity contribution in [3.05, 3.63) is 0 Å². The summed E-state index contributed by atoms with van der Waals surface area (Å²) in [6.07, 6.45) is 6.36. The van der Waals surface area contributed by atoms with E-state index >= 15 is 0 Å². The van der Waals surface area contributed by atoms with Crippen molar-refractivity contribution in [2.75, 3.05) is 0 Å². The van der Waals surface area contributed by atoms with Crippen LogP contribution in [0.1, 0.15) is 59.3 Å². The van der Waals surface area contributed by atoms with Crippen molar-refractivity contribution in [3.63, 3.8) is 0 Å². The molecule has 0 aliphatic heterocycles. The number of nitrogens with two attached hydrogens (primary N) is 1. The lowest BCUT2D eigenvalue weighted by molar-refractivity contribution is -0.135. The number of nitrogens with zero attached hydrogens (tertiary/aromatic N) is 1. The minimum Gasteiger partial charge on any atom is -0.350 e. The van der Waals surface area contributed by atoms with E-state index in [9.17, 15) is 9.59 Å². The van der Waals surface area contributed by atoms with E-state index in [1.165, 1.54) is 0 Å². The summed E-state index contributed by atoms with van der Waals surface area (Å²) in [4.78, 5) is 26.2. The predicted octanol–water partition coefficient (Wildman–Crippen LogP) is 1.41. The van der Waals surface area contributed by atoms with Gasteiger partial charge in [-0.1, -0.05) is 26.7 Å². The Balaban J connectivity index is 2.04. The molecule has 2 saturated carbocycles. The van der Waals surface area contributed by atoms with E-state index in [1.54, 1.807) is 6.92 Å². The molecular formula is C16H29N3O2. The lowest BCUT2D eigenvalue weighted by Gasteiger charge is -2.40. The first-order valence-corrected chi connectivity index (χ1v) is 8.26. The number of rotatable bonds is 5. The van der Waals surface area contributed by atoms with Crippen LogP contribution < -0.4 is 11.1 Å². The third-order valence-electron chi connectivity index (χ3n) is 4.74. The van der Waals surface area contributed by atoms with Crippen LogP contribution in [-0.2, 0) is 9.59 Å². The molecule has 3 atom stereocenters. The predicted molar refractivity (Wildman–Crippen MR) is 82.5 cm³/mol. The van der Waals surface area contributed by atoms with Crippen molar-refractivity contribution in [2.45, 2.75) is 83.5 Å². The summed E-state index contributed by atoms with van der Waals surface area (Å²) in [7, 11) is 0. The largest absolute Gasteiger partial charge is 0.350 e. The second kappa shape index (κ2) is 6.77. The van der Waals surface area contributed by atoms with E-state index in [0.717, 1.165) is 38.5 Å². The molecule has 2 amide bonds. The van der Waals surface area contributed by atoms with Crippen LogP contribution in [0.4, 0.5) is 0 Å². The highest BCUT2D eigenvalue weighted by atomic mass is 16.2. The van der Waals surface area contributed by atoms with Crippen LogP contribution in [0, 0.1) is 5.92 Å². The number of amides is 2. The number of hydrogen-bond acceptors (Lipinski definition) is 3. The van der Waals surface area contributed by atoms with E-state index in [-0.39, 0.29) is 29.8 Å². The van der Waals surface area contributed by atoms with Crippen molar-refractivity contribution in [1.82, 2.24) is 10.2 Å². The molecule has 0 aromatic heterocycles. The van der Waals surface area contributed by atoms with Gasteiger partial charge < -0.3 is 16.0 Å². The van der Waals surface area contributed by atoms with Crippen LogP contribution in [0.5, 0.6) is 0 Å². The molecule has 0 heterocycles. The lowest BCUT2D eigenvalue weighted by Crippen LogP contribution is -2.58. The monoisotopic (exact) mass is 295 g/mol. The van der Waals surface area contributed by atoms with E-state index in [2.05, 4.69) is 5.32 Å². The molecule has 120 valence electrons. The highest BCUT2D eigenvalue weighted by Crippen LogP contribution is 2.34. The second-order valence-electron chi connectivity index (χ2n) is 6.89. The van der Waals surface area contributed by atoms with Crippen LogP contribution in [0.25, 0.3) is 0 Å². The first-order valence-electron chi connectivity index (χ1n) is 8.26. The standard InChI is InChI=1S/C16H29N3O2/c1-10(2)15(17)16(21)18-13-6-4-5-7-14(13)19(11(3)20)12-8-9-12/h10,12-15H,4-9,17H2,1-3H3,(H,18,21)/t13?,14-,15?/m0/s1. The van der Waals surface area contributed by atoms with Gasteiger partial charge in [-0.25, -0.2) is 0 Å². The Morgan fingerprint density at radius 1 is 1.14 bits per heavy atom. The minimum absolute atomic E-state index is 0.0561.